The molecule has 59 heavy (non-hydrogen) atoms. The quantitative estimate of drug-likeness (QED) is 0.0475. The van der Waals surface area contributed by atoms with Crippen LogP contribution in [0.1, 0.15) is 94.2 Å². The average Bonchev–Trinajstić information content (AvgIpc) is 3.19. The Bertz CT molecular complexity index is 1770. The lowest BCUT2D eigenvalue weighted by Crippen LogP contribution is -2.27. The molecule has 4 aromatic rings. The number of aryl methyl sites for hydroxylation is 1. The van der Waals surface area contributed by atoms with Crippen LogP contribution < -0.4 is 14.7 Å². The van der Waals surface area contributed by atoms with Gasteiger partial charge in [-0.2, -0.15) is 0 Å². The summed E-state index contributed by atoms with van der Waals surface area (Å²) in [6, 6.07) is 30.7. The highest BCUT2D eigenvalue weighted by Gasteiger charge is 2.27. The number of aromatic hydroxyl groups is 1. The zero-order chi connectivity index (χ0) is 43.2. The van der Waals surface area contributed by atoms with Gasteiger partial charge in [-0.05, 0) is 94.0 Å². The summed E-state index contributed by atoms with van der Waals surface area (Å²) in [6.07, 6.45) is 0.817. The number of nitrogens with zero attached hydrogens (tertiary/aromatic N) is 3. The van der Waals surface area contributed by atoms with Crippen molar-refractivity contribution in [3.05, 3.63) is 118 Å². The largest absolute Gasteiger partial charge is 0.507 e. The molecule has 4 rings (SSSR count). The molecule has 0 heterocycles. The molecule has 0 saturated carbocycles. The van der Waals surface area contributed by atoms with Gasteiger partial charge in [0.25, 0.3) is 0 Å². The van der Waals surface area contributed by atoms with Gasteiger partial charge >= 0.3 is 5.97 Å². The molecule has 0 aromatic heterocycles. The molecule has 0 bridgehead atoms. The number of anilines is 3. The fourth-order valence-electron chi connectivity index (χ4n) is 7.09. The lowest BCUT2D eigenvalue weighted by molar-refractivity contribution is -0.145. The lowest BCUT2D eigenvalue weighted by atomic mass is 9.78. The number of rotatable bonds is 22. The molecular formula is C50H71N3O6. The number of likely N-dealkylation sites (N-methyl/N-ethyl adjacent to an activating group) is 1. The van der Waals surface area contributed by atoms with Gasteiger partial charge in [0.1, 0.15) is 12.4 Å². The molecule has 0 saturated heterocycles. The molecule has 0 amide bonds. The van der Waals surface area contributed by atoms with Crippen LogP contribution in [0.15, 0.2) is 84.9 Å². The number of carbonyl (C=O) groups is 1. The number of ether oxygens (including phenoxy) is 4. The van der Waals surface area contributed by atoms with E-state index in [4.69, 9.17) is 18.9 Å². The minimum atomic E-state index is -0.263. The number of benzene rings is 4. The van der Waals surface area contributed by atoms with Gasteiger partial charge in [-0.15, -0.1) is 0 Å². The van der Waals surface area contributed by atoms with Crippen LogP contribution in [0.25, 0.3) is 0 Å². The van der Waals surface area contributed by atoms with Crippen LogP contribution in [0.3, 0.4) is 0 Å². The van der Waals surface area contributed by atoms with Crippen LogP contribution in [0.2, 0.25) is 0 Å². The maximum atomic E-state index is 12.5. The summed E-state index contributed by atoms with van der Waals surface area (Å²) >= 11 is 0. The van der Waals surface area contributed by atoms with Crippen molar-refractivity contribution in [1.29, 1.82) is 0 Å². The molecule has 0 fully saturated rings. The Hall–Kier alpha value is -4.57. The van der Waals surface area contributed by atoms with Crippen molar-refractivity contribution >= 4 is 23.0 Å². The van der Waals surface area contributed by atoms with E-state index in [1.165, 1.54) is 33.8 Å². The Kier molecular flexibility index (Phi) is 17.7. The van der Waals surface area contributed by atoms with Crippen LogP contribution in [0.5, 0.6) is 5.75 Å². The standard InChI is InChI=1S/C50H71N3O6/c1-12-53(43-24-18-40(19-25-43)47(38-14-20-41(21-15-38)51(8)9)39-16-22-42(23-17-39)52(10)11)27-28-56-29-30-57-31-32-58-33-34-59-46(54)26-13-37-35-44(49(2,3)4)48(55)45(36-37)50(5,6)7/h14-25,35-36,47,55H,12-13,26-34H2,1-11H3. The van der Waals surface area contributed by atoms with Gasteiger partial charge in [0.2, 0.25) is 0 Å². The van der Waals surface area contributed by atoms with Gasteiger partial charge in [-0.25, -0.2) is 0 Å². The van der Waals surface area contributed by atoms with E-state index < -0.39 is 0 Å². The molecule has 9 nitrogen and oxygen atoms in total. The first-order valence-corrected chi connectivity index (χ1v) is 21.1. The van der Waals surface area contributed by atoms with Crippen molar-refractivity contribution in [2.45, 2.75) is 78.1 Å². The number of carbonyl (C=O) groups excluding carboxylic acids is 1. The summed E-state index contributed by atoms with van der Waals surface area (Å²) in [5.74, 6) is 0.203. The summed E-state index contributed by atoms with van der Waals surface area (Å²) in [5, 5.41) is 11.0. The van der Waals surface area contributed by atoms with E-state index in [-0.39, 0.29) is 35.7 Å². The third kappa shape index (κ3) is 14.3. The Morgan fingerprint density at radius 3 is 1.37 bits per heavy atom. The molecule has 0 aliphatic carbocycles. The minimum absolute atomic E-state index is 0.122. The second-order valence-electron chi connectivity index (χ2n) is 17.7. The van der Waals surface area contributed by atoms with E-state index >= 15 is 0 Å². The Labute approximate surface area is 355 Å². The predicted octanol–water partition coefficient (Wildman–Crippen LogP) is 9.35. The molecule has 0 aliphatic rings. The van der Waals surface area contributed by atoms with Crippen molar-refractivity contribution in [2.24, 2.45) is 0 Å². The smallest absolute Gasteiger partial charge is 0.306 e. The maximum absolute atomic E-state index is 12.5. The molecule has 322 valence electrons. The maximum Gasteiger partial charge on any atom is 0.306 e. The van der Waals surface area contributed by atoms with Crippen LogP contribution in [0.4, 0.5) is 17.1 Å². The highest BCUT2D eigenvalue weighted by atomic mass is 16.6. The number of phenolic OH excluding ortho intramolecular Hbond substituents is 1. The number of hydrogen-bond donors (Lipinski definition) is 1. The number of hydrogen-bond acceptors (Lipinski definition) is 9. The molecule has 9 heteroatoms. The van der Waals surface area contributed by atoms with Gasteiger partial charge in [0.05, 0.1) is 39.6 Å². The molecular weight excluding hydrogens is 739 g/mol. The fourth-order valence-corrected chi connectivity index (χ4v) is 7.09. The van der Waals surface area contributed by atoms with E-state index in [2.05, 4.69) is 164 Å². The monoisotopic (exact) mass is 810 g/mol. The topological polar surface area (TPSA) is 83.9 Å². The van der Waals surface area contributed by atoms with Gasteiger partial charge in [0.15, 0.2) is 0 Å². The summed E-state index contributed by atoms with van der Waals surface area (Å²) < 4.78 is 22.6. The van der Waals surface area contributed by atoms with Crippen LogP contribution >= 0.6 is 0 Å². The second kappa shape index (κ2) is 22.2. The van der Waals surface area contributed by atoms with E-state index in [1.54, 1.807) is 0 Å². The van der Waals surface area contributed by atoms with Crippen molar-refractivity contribution in [3.8, 4) is 5.75 Å². The molecule has 0 radical (unpaired) electrons. The zero-order valence-electron chi connectivity index (χ0n) is 37.8. The van der Waals surface area contributed by atoms with Crippen molar-refractivity contribution in [1.82, 2.24) is 0 Å². The summed E-state index contributed by atoms with van der Waals surface area (Å²) in [4.78, 5) is 19.1. The van der Waals surface area contributed by atoms with Gasteiger partial charge in [-0.3, -0.25) is 4.79 Å². The van der Waals surface area contributed by atoms with Crippen LogP contribution in [-0.4, -0.2) is 98.6 Å². The van der Waals surface area contributed by atoms with Crippen LogP contribution in [-0.2, 0) is 41.0 Å². The first-order valence-electron chi connectivity index (χ1n) is 21.1. The van der Waals surface area contributed by atoms with E-state index in [9.17, 15) is 9.90 Å². The van der Waals surface area contributed by atoms with E-state index in [0.29, 0.717) is 51.8 Å². The Balaban J connectivity index is 1.13. The minimum Gasteiger partial charge on any atom is -0.507 e. The SMILES string of the molecule is CCN(CCOCCOCCOCCOC(=O)CCc1cc(C(C)(C)C)c(O)c(C(C)(C)C)c1)c1ccc(C(c2ccc(N(C)C)cc2)c2ccc(N(C)C)cc2)cc1. The lowest BCUT2D eigenvalue weighted by Gasteiger charge is -2.28. The average molecular weight is 810 g/mol. The first-order chi connectivity index (χ1) is 28.0. The van der Waals surface area contributed by atoms with E-state index in [1.807, 2.05) is 12.1 Å². The van der Waals surface area contributed by atoms with Gasteiger partial charge in [-0.1, -0.05) is 90.1 Å². The number of phenols is 1. The fraction of sp³-hybridized carbons (Fsp3) is 0.500. The van der Waals surface area contributed by atoms with Gasteiger partial charge < -0.3 is 38.8 Å². The Morgan fingerprint density at radius 2 is 0.983 bits per heavy atom. The summed E-state index contributed by atoms with van der Waals surface area (Å²) in [5.41, 5.74) is 9.70. The summed E-state index contributed by atoms with van der Waals surface area (Å²) in [7, 11) is 8.28. The highest BCUT2D eigenvalue weighted by molar-refractivity contribution is 5.70. The number of esters is 1. The second-order valence-corrected chi connectivity index (χ2v) is 17.7. The predicted molar refractivity (Wildman–Crippen MR) is 244 cm³/mol. The molecule has 4 aromatic carbocycles. The third-order valence-corrected chi connectivity index (χ3v) is 10.6. The van der Waals surface area contributed by atoms with E-state index in [0.717, 1.165) is 29.8 Å². The van der Waals surface area contributed by atoms with Crippen molar-refractivity contribution in [3.63, 3.8) is 0 Å². The van der Waals surface area contributed by atoms with Crippen molar-refractivity contribution in [2.75, 3.05) is 102 Å². The third-order valence-electron chi connectivity index (χ3n) is 10.6. The molecule has 0 atom stereocenters. The molecule has 0 spiro atoms. The Morgan fingerprint density at radius 1 is 0.593 bits per heavy atom. The summed E-state index contributed by atoms with van der Waals surface area (Å²) in [6.45, 7) is 19.3. The van der Waals surface area contributed by atoms with Gasteiger partial charge in [0, 0.05) is 70.7 Å². The highest BCUT2D eigenvalue weighted by Crippen LogP contribution is 2.40. The molecule has 0 unspecified atom stereocenters. The van der Waals surface area contributed by atoms with Crippen LogP contribution in [0, 0.1) is 0 Å². The molecule has 1 N–H and O–H groups in total. The first kappa shape index (κ1) is 47.1. The van der Waals surface area contributed by atoms with Crippen molar-refractivity contribution < 1.29 is 28.8 Å². The normalized spacial score (nSPS) is 11.9. The molecule has 0 aliphatic heterocycles. The zero-order valence-corrected chi connectivity index (χ0v) is 37.8.